The molecular weight excluding hydrogens is 281 g/mol. The third kappa shape index (κ3) is 2.92. The molecule has 0 saturated carbocycles. The molecule has 0 amide bonds. The van der Waals surface area contributed by atoms with Crippen molar-refractivity contribution in [2.45, 2.75) is 19.5 Å². The van der Waals surface area contributed by atoms with Crippen LogP contribution in [0.15, 0.2) is 42.9 Å². The van der Waals surface area contributed by atoms with Gasteiger partial charge in [0.05, 0.1) is 12.2 Å². The summed E-state index contributed by atoms with van der Waals surface area (Å²) < 4.78 is 15.5. The van der Waals surface area contributed by atoms with Crippen LogP contribution in [0.5, 0.6) is 0 Å². The monoisotopic (exact) mass is 299 g/mol. The van der Waals surface area contributed by atoms with E-state index >= 15 is 0 Å². The smallest absolute Gasteiger partial charge is 0.130 e. The van der Waals surface area contributed by atoms with E-state index < -0.39 is 0 Å². The molecule has 0 aliphatic carbocycles. The number of aromatic amines is 1. The van der Waals surface area contributed by atoms with E-state index in [2.05, 4.69) is 20.5 Å². The van der Waals surface area contributed by atoms with E-state index in [1.807, 2.05) is 30.8 Å². The standard InChI is InChI=1S/C16H18FN5/c1-11-13(10-20-21-11)9-19-15(16-18-6-7-22(16)2)12-4-3-5-14(17)8-12/h3-8,10,15,19H,9H2,1-2H3,(H,20,21). The summed E-state index contributed by atoms with van der Waals surface area (Å²) >= 11 is 0. The predicted octanol–water partition coefficient (Wildman–Crippen LogP) is 2.47. The predicted molar refractivity (Wildman–Crippen MR) is 81.6 cm³/mol. The van der Waals surface area contributed by atoms with E-state index in [-0.39, 0.29) is 11.9 Å². The van der Waals surface area contributed by atoms with Gasteiger partial charge in [-0.25, -0.2) is 9.37 Å². The Hall–Kier alpha value is -2.47. The maximum Gasteiger partial charge on any atom is 0.130 e. The normalized spacial score (nSPS) is 12.5. The van der Waals surface area contributed by atoms with E-state index in [0.29, 0.717) is 6.54 Å². The molecule has 0 saturated heterocycles. The van der Waals surface area contributed by atoms with Gasteiger partial charge in [0.2, 0.25) is 0 Å². The first-order valence-corrected chi connectivity index (χ1v) is 7.10. The molecule has 0 aliphatic rings. The molecule has 0 radical (unpaired) electrons. The maximum absolute atomic E-state index is 13.6. The van der Waals surface area contributed by atoms with Crippen molar-refractivity contribution in [3.05, 3.63) is 71.3 Å². The fraction of sp³-hybridized carbons (Fsp3) is 0.250. The Balaban J connectivity index is 1.90. The molecule has 0 bridgehead atoms. The molecule has 0 aliphatic heterocycles. The minimum Gasteiger partial charge on any atom is -0.336 e. The summed E-state index contributed by atoms with van der Waals surface area (Å²) in [6.07, 6.45) is 5.42. The lowest BCUT2D eigenvalue weighted by atomic mass is 10.1. The van der Waals surface area contributed by atoms with Crippen molar-refractivity contribution < 1.29 is 4.39 Å². The minimum absolute atomic E-state index is 0.190. The van der Waals surface area contributed by atoms with Gasteiger partial charge in [-0.2, -0.15) is 5.10 Å². The Bertz CT molecular complexity index is 761. The highest BCUT2D eigenvalue weighted by molar-refractivity contribution is 5.26. The number of nitrogens with zero attached hydrogens (tertiary/aromatic N) is 3. The number of benzene rings is 1. The molecule has 1 unspecified atom stereocenters. The van der Waals surface area contributed by atoms with Crippen molar-refractivity contribution in [1.29, 1.82) is 0 Å². The summed E-state index contributed by atoms with van der Waals surface area (Å²) in [5, 5.41) is 10.4. The van der Waals surface area contributed by atoms with Gasteiger partial charge in [-0.15, -0.1) is 0 Å². The average molecular weight is 299 g/mol. The zero-order valence-corrected chi connectivity index (χ0v) is 12.5. The van der Waals surface area contributed by atoms with Gasteiger partial charge in [0, 0.05) is 37.2 Å². The molecule has 114 valence electrons. The number of H-pyrrole nitrogens is 1. The largest absolute Gasteiger partial charge is 0.336 e. The van der Waals surface area contributed by atoms with Crippen molar-refractivity contribution in [3.63, 3.8) is 0 Å². The first kappa shape index (κ1) is 14.5. The molecule has 5 nitrogen and oxygen atoms in total. The third-order valence-corrected chi connectivity index (χ3v) is 3.73. The Kier molecular flexibility index (Phi) is 4.02. The number of nitrogens with one attached hydrogen (secondary N) is 2. The van der Waals surface area contributed by atoms with Gasteiger partial charge >= 0.3 is 0 Å². The SMILES string of the molecule is Cc1[nH]ncc1CNC(c1cccc(F)c1)c1nccn1C. The number of halogens is 1. The lowest BCUT2D eigenvalue weighted by molar-refractivity contribution is 0.550. The highest BCUT2D eigenvalue weighted by Crippen LogP contribution is 2.22. The molecule has 1 atom stereocenters. The lowest BCUT2D eigenvalue weighted by Gasteiger charge is -2.19. The van der Waals surface area contributed by atoms with Crippen LogP contribution in [-0.2, 0) is 13.6 Å². The molecule has 0 spiro atoms. The summed E-state index contributed by atoms with van der Waals surface area (Å²) in [7, 11) is 1.93. The molecule has 2 N–H and O–H groups in total. The average Bonchev–Trinajstić information content (AvgIpc) is 3.09. The van der Waals surface area contributed by atoms with Crippen LogP contribution >= 0.6 is 0 Å². The molecular formula is C16H18FN5. The van der Waals surface area contributed by atoms with Gasteiger partial charge in [0.1, 0.15) is 11.6 Å². The second-order valence-electron chi connectivity index (χ2n) is 5.29. The van der Waals surface area contributed by atoms with Crippen LogP contribution in [0, 0.1) is 12.7 Å². The van der Waals surface area contributed by atoms with E-state index in [9.17, 15) is 4.39 Å². The summed E-state index contributed by atoms with van der Waals surface area (Å²) in [6.45, 7) is 2.60. The number of aryl methyl sites for hydroxylation is 2. The van der Waals surface area contributed by atoms with Gasteiger partial charge in [-0.3, -0.25) is 10.4 Å². The first-order chi connectivity index (χ1) is 10.6. The number of imidazole rings is 1. The Morgan fingerprint density at radius 3 is 2.91 bits per heavy atom. The second-order valence-corrected chi connectivity index (χ2v) is 5.29. The molecule has 3 rings (SSSR count). The molecule has 22 heavy (non-hydrogen) atoms. The molecule has 1 aromatic carbocycles. The quantitative estimate of drug-likeness (QED) is 0.761. The van der Waals surface area contributed by atoms with Crippen LogP contribution in [0.3, 0.4) is 0 Å². The van der Waals surface area contributed by atoms with Gasteiger partial charge in [0.25, 0.3) is 0 Å². The zero-order valence-electron chi connectivity index (χ0n) is 12.5. The van der Waals surface area contributed by atoms with Crippen molar-refractivity contribution in [3.8, 4) is 0 Å². The van der Waals surface area contributed by atoms with Crippen LogP contribution in [0.2, 0.25) is 0 Å². The summed E-state index contributed by atoms with van der Waals surface area (Å²) in [5.41, 5.74) is 2.94. The maximum atomic E-state index is 13.6. The van der Waals surface area contributed by atoms with Gasteiger partial charge in [-0.05, 0) is 24.6 Å². The van der Waals surface area contributed by atoms with Crippen LogP contribution < -0.4 is 5.32 Å². The van der Waals surface area contributed by atoms with Crippen molar-refractivity contribution >= 4 is 0 Å². The fourth-order valence-electron chi connectivity index (χ4n) is 2.47. The Morgan fingerprint density at radius 1 is 1.41 bits per heavy atom. The van der Waals surface area contributed by atoms with Gasteiger partial charge in [0.15, 0.2) is 0 Å². The zero-order chi connectivity index (χ0) is 15.5. The second kappa shape index (κ2) is 6.11. The van der Waals surface area contributed by atoms with Crippen LogP contribution in [0.1, 0.15) is 28.7 Å². The summed E-state index contributed by atoms with van der Waals surface area (Å²) in [6, 6.07) is 6.40. The Labute approximate surface area is 128 Å². The number of rotatable bonds is 5. The van der Waals surface area contributed by atoms with E-state index in [0.717, 1.165) is 22.6 Å². The molecule has 0 fully saturated rings. The highest BCUT2D eigenvalue weighted by Gasteiger charge is 2.18. The van der Waals surface area contributed by atoms with Crippen LogP contribution in [-0.4, -0.2) is 19.7 Å². The van der Waals surface area contributed by atoms with Gasteiger partial charge < -0.3 is 4.57 Å². The number of hydrogen-bond donors (Lipinski definition) is 2. The van der Waals surface area contributed by atoms with Gasteiger partial charge in [-0.1, -0.05) is 12.1 Å². The first-order valence-electron chi connectivity index (χ1n) is 7.10. The minimum atomic E-state index is -0.252. The van der Waals surface area contributed by atoms with E-state index in [1.54, 1.807) is 18.5 Å². The summed E-state index contributed by atoms with van der Waals surface area (Å²) in [4.78, 5) is 4.40. The fourth-order valence-corrected chi connectivity index (χ4v) is 2.47. The number of hydrogen-bond acceptors (Lipinski definition) is 3. The van der Waals surface area contributed by atoms with Crippen molar-refractivity contribution in [2.24, 2.45) is 7.05 Å². The molecule has 6 heteroatoms. The topological polar surface area (TPSA) is 58.5 Å². The summed E-state index contributed by atoms with van der Waals surface area (Å²) in [5.74, 6) is 0.588. The van der Waals surface area contributed by atoms with Crippen molar-refractivity contribution in [1.82, 2.24) is 25.1 Å². The highest BCUT2D eigenvalue weighted by atomic mass is 19.1. The van der Waals surface area contributed by atoms with Crippen molar-refractivity contribution in [2.75, 3.05) is 0 Å². The third-order valence-electron chi connectivity index (χ3n) is 3.73. The lowest BCUT2D eigenvalue weighted by Crippen LogP contribution is -2.25. The van der Waals surface area contributed by atoms with Crippen LogP contribution in [0.4, 0.5) is 4.39 Å². The molecule has 2 heterocycles. The van der Waals surface area contributed by atoms with E-state index in [1.165, 1.54) is 12.1 Å². The van der Waals surface area contributed by atoms with Crippen LogP contribution in [0.25, 0.3) is 0 Å². The molecule has 3 aromatic rings. The molecule has 2 aromatic heterocycles. The Morgan fingerprint density at radius 2 is 2.27 bits per heavy atom. The van der Waals surface area contributed by atoms with E-state index in [4.69, 9.17) is 0 Å². The number of aromatic nitrogens is 4.